The molecule has 1 fully saturated rings. The number of carbonyl (C=O) groups is 2. The summed E-state index contributed by atoms with van der Waals surface area (Å²) in [4.78, 5) is 27.2. The summed E-state index contributed by atoms with van der Waals surface area (Å²) in [5.74, 6) is -2.10. The zero-order valence-corrected chi connectivity index (χ0v) is 20.9. The first-order valence-corrected chi connectivity index (χ1v) is 14.6. The third-order valence-electron chi connectivity index (χ3n) is 7.09. The molecule has 2 unspecified atom stereocenters. The molecule has 0 bridgehead atoms. The summed E-state index contributed by atoms with van der Waals surface area (Å²) >= 11 is 0. The molecule has 0 aromatic heterocycles. The number of amidine groups is 1. The summed E-state index contributed by atoms with van der Waals surface area (Å²) in [5.41, 5.74) is 0.308. The van der Waals surface area contributed by atoms with Gasteiger partial charge in [-0.3, -0.25) is 14.3 Å². The number of rotatable bonds is 5. The largest absolute Gasteiger partial charge is 0.341 e. The number of hydrogen-bond acceptors (Lipinski definition) is 7. The van der Waals surface area contributed by atoms with E-state index >= 15 is 0 Å². The van der Waals surface area contributed by atoms with Crippen molar-refractivity contribution in [1.82, 2.24) is 0 Å². The summed E-state index contributed by atoms with van der Waals surface area (Å²) in [6.45, 7) is 1.83. The van der Waals surface area contributed by atoms with Gasteiger partial charge in [-0.25, -0.2) is 8.42 Å². The molecule has 11 heteroatoms. The normalized spacial score (nSPS) is 25.5. The summed E-state index contributed by atoms with van der Waals surface area (Å²) in [6, 6.07) is 10.9. The van der Waals surface area contributed by atoms with Gasteiger partial charge in [-0.2, -0.15) is 8.42 Å². The van der Waals surface area contributed by atoms with Crippen LogP contribution in [0.3, 0.4) is 0 Å². The molecule has 1 heterocycles. The molecule has 0 spiro atoms. The number of nitrogens with zero attached hydrogens (tertiary/aromatic N) is 1. The number of nitrogens with one attached hydrogen (secondary N) is 2. The molecule has 2 aromatic rings. The SMILES string of the molecule is CC1(CC2CCC2)C(=O)C(C2=NS(=O)(=O)c3cc(NS(C)(=O)=O)ccc3N2)C(=O)c2ccccc21. The maximum Gasteiger partial charge on any atom is 0.286 e. The van der Waals surface area contributed by atoms with Crippen LogP contribution in [0.4, 0.5) is 11.4 Å². The first kappa shape index (κ1) is 23.7. The number of carbonyl (C=O) groups excluding carboxylic acids is 2. The lowest BCUT2D eigenvalue weighted by atomic mass is 9.60. The Labute approximate surface area is 204 Å². The van der Waals surface area contributed by atoms with Crippen LogP contribution in [0.15, 0.2) is 51.8 Å². The summed E-state index contributed by atoms with van der Waals surface area (Å²) in [6.07, 6.45) is 4.69. The second-order valence-electron chi connectivity index (χ2n) is 9.70. The van der Waals surface area contributed by atoms with Gasteiger partial charge in [0.2, 0.25) is 10.0 Å². The van der Waals surface area contributed by atoms with Crippen LogP contribution in [-0.4, -0.2) is 40.5 Å². The Hall–Kier alpha value is -3.05. The quantitative estimate of drug-likeness (QED) is 0.583. The van der Waals surface area contributed by atoms with Gasteiger partial charge in [0.15, 0.2) is 11.6 Å². The monoisotopic (exact) mass is 515 g/mol. The summed E-state index contributed by atoms with van der Waals surface area (Å²) in [7, 11) is -7.93. The van der Waals surface area contributed by atoms with Crippen LogP contribution in [0.25, 0.3) is 0 Å². The highest BCUT2D eigenvalue weighted by atomic mass is 32.2. The lowest BCUT2D eigenvalue weighted by molar-refractivity contribution is -0.126. The van der Waals surface area contributed by atoms with Crippen LogP contribution >= 0.6 is 0 Å². The number of fused-ring (bicyclic) bond motifs is 2. The number of sulfonamides is 2. The van der Waals surface area contributed by atoms with Crippen molar-refractivity contribution in [1.29, 1.82) is 0 Å². The topological polar surface area (TPSA) is 139 Å². The molecule has 2 N–H and O–H groups in total. The van der Waals surface area contributed by atoms with Crippen molar-refractivity contribution < 1.29 is 26.4 Å². The average Bonchev–Trinajstić information content (AvgIpc) is 2.74. The Morgan fingerprint density at radius 1 is 1.14 bits per heavy atom. The predicted octanol–water partition coefficient (Wildman–Crippen LogP) is 3.10. The fourth-order valence-corrected chi connectivity index (χ4v) is 6.96. The smallest absolute Gasteiger partial charge is 0.286 e. The van der Waals surface area contributed by atoms with Gasteiger partial charge >= 0.3 is 0 Å². The fraction of sp³-hybridized carbons (Fsp3) is 0.375. The molecule has 3 aliphatic rings. The molecule has 0 saturated heterocycles. The third-order valence-corrected chi connectivity index (χ3v) is 9.03. The molecular weight excluding hydrogens is 490 g/mol. The van der Waals surface area contributed by atoms with Crippen molar-refractivity contribution in [2.75, 3.05) is 16.3 Å². The van der Waals surface area contributed by atoms with Crippen molar-refractivity contribution in [2.45, 2.75) is 42.9 Å². The second-order valence-corrected chi connectivity index (χ2v) is 13.0. The van der Waals surface area contributed by atoms with Crippen molar-refractivity contribution in [3.63, 3.8) is 0 Å². The van der Waals surface area contributed by atoms with Gasteiger partial charge < -0.3 is 5.32 Å². The highest BCUT2D eigenvalue weighted by molar-refractivity contribution is 7.92. The van der Waals surface area contributed by atoms with Gasteiger partial charge in [-0.1, -0.05) is 43.5 Å². The first-order valence-electron chi connectivity index (χ1n) is 11.3. The molecule has 184 valence electrons. The van der Waals surface area contributed by atoms with Crippen LogP contribution in [-0.2, 0) is 30.3 Å². The number of benzene rings is 2. The minimum atomic E-state index is -4.31. The Bertz CT molecular complexity index is 1510. The minimum Gasteiger partial charge on any atom is -0.341 e. The standard InChI is InChI=1S/C24H25N3O6S2/c1-24(13-14-6-5-7-14)17-9-4-3-8-16(17)21(28)20(22(24)29)23-25-18-11-10-15(26-34(2,30)31)12-19(18)35(32,33)27-23/h3-4,8-12,14,20,26H,5-7,13H2,1-2H3,(H,25,27). The number of anilines is 2. The van der Waals surface area contributed by atoms with Gasteiger partial charge in [-0.05, 0) is 43.0 Å². The van der Waals surface area contributed by atoms with E-state index in [9.17, 15) is 26.4 Å². The highest BCUT2D eigenvalue weighted by Gasteiger charge is 2.52. The van der Waals surface area contributed by atoms with Gasteiger partial charge in [0, 0.05) is 11.3 Å². The Balaban J connectivity index is 1.57. The first-order chi connectivity index (χ1) is 16.4. The van der Waals surface area contributed by atoms with Crippen LogP contribution in [0.1, 0.15) is 48.5 Å². The zero-order valence-electron chi connectivity index (χ0n) is 19.2. The molecule has 9 nitrogen and oxygen atoms in total. The van der Waals surface area contributed by atoms with Crippen LogP contribution in [0, 0.1) is 11.8 Å². The molecule has 0 amide bonds. The minimum absolute atomic E-state index is 0.0575. The van der Waals surface area contributed by atoms with E-state index in [2.05, 4.69) is 14.4 Å². The Morgan fingerprint density at radius 3 is 2.51 bits per heavy atom. The molecule has 0 radical (unpaired) electrons. The van der Waals surface area contributed by atoms with E-state index in [1.807, 2.05) is 6.92 Å². The lowest BCUT2D eigenvalue weighted by Crippen LogP contribution is -2.52. The number of ketones is 2. The Kier molecular flexibility index (Phi) is 5.41. The maximum atomic E-state index is 13.9. The molecule has 2 atom stereocenters. The van der Waals surface area contributed by atoms with Crippen LogP contribution in [0.2, 0.25) is 0 Å². The molecule has 1 saturated carbocycles. The van der Waals surface area contributed by atoms with E-state index in [-0.39, 0.29) is 27.9 Å². The van der Waals surface area contributed by atoms with E-state index in [0.29, 0.717) is 23.5 Å². The lowest BCUT2D eigenvalue weighted by Gasteiger charge is -2.42. The molecule has 2 aliphatic carbocycles. The van der Waals surface area contributed by atoms with E-state index in [4.69, 9.17) is 0 Å². The van der Waals surface area contributed by atoms with Gasteiger partial charge in [0.1, 0.15) is 16.6 Å². The highest BCUT2D eigenvalue weighted by Crippen LogP contribution is 2.46. The van der Waals surface area contributed by atoms with Crippen molar-refractivity contribution in [3.05, 3.63) is 53.6 Å². The van der Waals surface area contributed by atoms with E-state index < -0.39 is 37.2 Å². The molecule has 1 aliphatic heterocycles. The van der Waals surface area contributed by atoms with E-state index in [1.54, 1.807) is 24.3 Å². The maximum absolute atomic E-state index is 13.9. The van der Waals surface area contributed by atoms with Gasteiger partial charge in [0.05, 0.1) is 17.4 Å². The van der Waals surface area contributed by atoms with Crippen molar-refractivity contribution in [2.24, 2.45) is 16.2 Å². The number of hydrogen-bond donors (Lipinski definition) is 2. The predicted molar refractivity (Wildman–Crippen MR) is 132 cm³/mol. The zero-order chi connectivity index (χ0) is 25.2. The van der Waals surface area contributed by atoms with Gasteiger partial charge in [0.25, 0.3) is 10.0 Å². The summed E-state index contributed by atoms with van der Waals surface area (Å²) in [5, 5.41) is 2.88. The summed E-state index contributed by atoms with van der Waals surface area (Å²) < 4.78 is 55.3. The van der Waals surface area contributed by atoms with Gasteiger partial charge in [-0.15, -0.1) is 4.40 Å². The molecule has 5 rings (SSSR count). The van der Waals surface area contributed by atoms with E-state index in [1.165, 1.54) is 12.1 Å². The van der Waals surface area contributed by atoms with Crippen LogP contribution < -0.4 is 10.0 Å². The Morgan fingerprint density at radius 2 is 1.86 bits per heavy atom. The average molecular weight is 516 g/mol. The van der Waals surface area contributed by atoms with Crippen molar-refractivity contribution in [3.8, 4) is 0 Å². The third kappa shape index (κ3) is 4.06. The fourth-order valence-electron chi connectivity index (χ4n) is 5.22. The molecular formula is C24H25N3O6S2. The van der Waals surface area contributed by atoms with Crippen molar-refractivity contribution >= 4 is 48.8 Å². The molecule has 2 aromatic carbocycles. The van der Waals surface area contributed by atoms with Crippen LogP contribution in [0.5, 0.6) is 0 Å². The molecule has 35 heavy (non-hydrogen) atoms. The second kappa shape index (κ2) is 7.99. The number of Topliss-reactive ketones (excluding diaryl/α,β-unsaturated/α-hetero) is 2. The van der Waals surface area contributed by atoms with E-state index in [0.717, 1.165) is 31.6 Å².